The van der Waals surface area contributed by atoms with Crippen LogP contribution in [0.1, 0.15) is 44.2 Å². The predicted octanol–water partition coefficient (Wildman–Crippen LogP) is 3.27. The van der Waals surface area contributed by atoms with Crippen molar-refractivity contribution in [2.45, 2.75) is 58.4 Å². The third kappa shape index (κ3) is 5.16. The predicted molar refractivity (Wildman–Crippen MR) is 100 cm³/mol. The number of morpholine rings is 1. The van der Waals surface area contributed by atoms with E-state index in [1.165, 1.54) is 11.1 Å². The zero-order valence-electron chi connectivity index (χ0n) is 15.4. The van der Waals surface area contributed by atoms with Gasteiger partial charge in [0.2, 0.25) is 5.91 Å². The summed E-state index contributed by atoms with van der Waals surface area (Å²) < 4.78 is 5.83. The van der Waals surface area contributed by atoms with Crippen LogP contribution in [0.5, 0.6) is 0 Å². The molecule has 1 aromatic rings. The van der Waals surface area contributed by atoms with Crippen molar-refractivity contribution in [3.8, 4) is 0 Å². The quantitative estimate of drug-likeness (QED) is 0.835. The van der Waals surface area contributed by atoms with Crippen LogP contribution in [0.2, 0.25) is 0 Å². The van der Waals surface area contributed by atoms with Crippen molar-refractivity contribution < 1.29 is 9.53 Å². The molecule has 3 rings (SSSR count). The molecule has 1 amide bonds. The number of carbonyl (C=O) groups is 1. The van der Waals surface area contributed by atoms with E-state index < -0.39 is 0 Å². The highest BCUT2D eigenvalue weighted by Crippen LogP contribution is 2.19. The smallest absolute Gasteiger partial charge is 0.223 e. The molecule has 0 bridgehead atoms. The van der Waals surface area contributed by atoms with Crippen LogP contribution in [-0.2, 0) is 22.6 Å². The molecule has 1 aliphatic heterocycles. The zero-order valence-corrected chi connectivity index (χ0v) is 15.4. The van der Waals surface area contributed by atoms with E-state index >= 15 is 0 Å². The van der Waals surface area contributed by atoms with Crippen molar-refractivity contribution in [1.29, 1.82) is 0 Å². The average Bonchev–Trinajstić information content (AvgIpc) is 2.60. The van der Waals surface area contributed by atoms with Gasteiger partial charge in [-0.1, -0.05) is 36.4 Å². The fourth-order valence-corrected chi connectivity index (χ4v) is 3.90. The number of allylic oxidation sites excluding steroid dienone is 2. The van der Waals surface area contributed by atoms with Crippen molar-refractivity contribution in [2.24, 2.45) is 5.92 Å². The van der Waals surface area contributed by atoms with Crippen molar-refractivity contribution in [1.82, 2.24) is 10.2 Å². The highest BCUT2D eigenvalue weighted by molar-refractivity contribution is 5.79. The molecule has 0 saturated carbocycles. The summed E-state index contributed by atoms with van der Waals surface area (Å²) in [5.74, 6) is 0.325. The van der Waals surface area contributed by atoms with E-state index in [1.807, 2.05) is 0 Å². The monoisotopic (exact) mass is 342 g/mol. The van der Waals surface area contributed by atoms with E-state index in [0.717, 1.165) is 38.9 Å². The van der Waals surface area contributed by atoms with Gasteiger partial charge < -0.3 is 10.1 Å². The number of amides is 1. The largest absolute Gasteiger partial charge is 0.373 e. The first kappa shape index (κ1) is 18.2. The highest BCUT2D eigenvalue weighted by Gasteiger charge is 2.23. The first-order valence-corrected chi connectivity index (χ1v) is 9.49. The van der Waals surface area contributed by atoms with Crippen LogP contribution in [0.15, 0.2) is 36.4 Å². The summed E-state index contributed by atoms with van der Waals surface area (Å²) >= 11 is 0. The molecule has 0 radical (unpaired) electrons. The van der Waals surface area contributed by atoms with E-state index in [4.69, 9.17) is 4.74 Å². The zero-order chi connectivity index (χ0) is 17.6. The SMILES string of the molecule is C[C@H]1CN(Cc2ccccc2CNC(=O)[C@H]2CC=CCC2)C[C@H](C)O1. The number of nitrogens with zero attached hydrogens (tertiary/aromatic N) is 1. The molecule has 1 N–H and O–H groups in total. The van der Waals surface area contributed by atoms with Gasteiger partial charge in [-0.25, -0.2) is 0 Å². The van der Waals surface area contributed by atoms with Gasteiger partial charge in [0.25, 0.3) is 0 Å². The molecule has 4 heteroatoms. The minimum Gasteiger partial charge on any atom is -0.373 e. The second kappa shape index (κ2) is 8.63. The van der Waals surface area contributed by atoms with Crippen molar-refractivity contribution in [3.05, 3.63) is 47.5 Å². The van der Waals surface area contributed by atoms with E-state index in [2.05, 4.69) is 60.5 Å². The Bertz CT molecular complexity index is 604. The summed E-state index contributed by atoms with van der Waals surface area (Å²) in [5.41, 5.74) is 2.52. The maximum Gasteiger partial charge on any atom is 0.223 e. The van der Waals surface area contributed by atoms with E-state index in [0.29, 0.717) is 6.54 Å². The summed E-state index contributed by atoms with van der Waals surface area (Å²) in [4.78, 5) is 14.8. The minimum atomic E-state index is 0.137. The molecule has 1 aromatic carbocycles. The van der Waals surface area contributed by atoms with E-state index in [-0.39, 0.29) is 24.0 Å². The van der Waals surface area contributed by atoms with Crippen LogP contribution < -0.4 is 5.32 Å². The van der Waals surface area contributed by atoms with E-state index in [1.54, 1.807) is 0 Å². The Kier molecular flexibility index (Phi) is 6.27. The second-order valence-electron chi connectivity index (χ2n) is 7.42. The maximum absolute atomic E-state index is 12.4. The Morgan fingerprint density at radius 2 is 1.88 bits per heavy atom. The average molecular weight is 342 g/mol. The number of ether oxygens (including phenoxy) is 1. The third-order valence-corrected chi connectivity index (χ3v) is 5.10. The Hall–Kier alpha value is -1.65. The molecule has 1 fully saturated rings. The van der Waals surface area contributed by atoms with Gasteiger partial charge in [-0.3, -0.25) is 9.69 Å². The molecule has 0 unspecified atom stereocenters. The van der Waals surface area contributed by atoms with Crippen molar-refractivity contribution in [2.75, 3.05) is 13.1 Å². The summed E-state index contributed by atoms with van der Waals surface area (Å²) in [6.07, 6.45) is 7.70. The Morgan fingerprint density at radius 1 is 1.16 bits per heavy atom. The Labute approximate surface area is 151 Å². The lowest BCUT2D eigenvalue weighted by Gasteiger charge is -2.35. The third-order valence-electron chi connectivity index (χ3n) is 5.10. The molecule has 1 aliphatic carbocycles. The van der Waals surface area contributed by atoms with Crippen molar-refractivity contribution in [3.63, 3.8) is 0 Å². The number of rotatable bonds is 5. The molecule has 2 aliphatic rings. The second-order valence-corrected chi connectivity index (χ2v) is 7.42. The maximum atomic E-state index is 12.4. The van der Waals surface area contributed by atoms with Crippen molar-refractivity contribution >= 4 is 5.91 Å². The van der Waals surface area contributed by atoms with Crippen LogP contribution in [0.3, 0.4) is 0 Å². The molecule has 0 spiro atoms. The van der Waals surface area contributed by atoms with Crippen LogP contribution in [0, 0.1) is 5.92 Å². The molecule has 3 atom stereocenters. The summed E-state index contributed by atoms with van der Waals surface area (Å²) in [7, 11) is 0. The standard InChI is InChI=1S/C21H30N2O2/c1-16-13-23(14-17(2)25-16)15-20-11-7-6-10-19(20)12-22-21(24)18-8-4-3-5-9-18/h3-4,6-7,10-11,16-18H,5,8-9,12-15H2,1-2H3,(H,22,24)/t16-,17-,18-/m0/s1. The molecule has 0 aromatic heterocycles. The van der Waals surface area contributed by atoms with Gasteiger partial charge in [0.05, 0.1) is 12.2 Å². The Morgan fingerprint density at radius 3 is 2.56 bits per heavy atom. The number of hydrogen-bond donors (Lipinski definition) is 1. The molecular weight excluding hydrogens is 312 g/mol. The molecular formula is C21H30N2O2. The molecule has 25 heavy (non-hydrogen) atoms. The van der Waals surface area contributed by atoms with Crippen LogP contribution in [0.4, 0.5) is 0 Å². The Balaban J connectivity index is 1.58. The van der Waals surface area contributed by atoms with Gasteiger partial charge in [0.1, 0.15) is 0 Å². The normalized spacial score (nSPS) is 27.2. The number of benzene rings is 1. The number of nitrogens with one attached hydrogen (secondary N) is 1. The van der Waals surface area contributed by atoms with Gasteiger partial charge in [0.15, 0.2) is 0 Å². The summed E-state index contributed by atoms with van der Waals surface area (Å²) in [5, 5.41) is 3.15. The van der Waals surface area contributed by atoms with Gasteiger partial charge in [-0.15, -0.1) is 0 Å². The highest BCUT2D eigenvalue weighted by atomic mass is 16.5. The van der Waals surface area contributed by atoms with Gasteiger partial charge in [-0.2, -0.15) is 0 Å². The molecule has 1 heterocycles. The minimum absolute atomic E-state index is 0.137. The summed E-state index contributed by atoms with van der Waals surface area (Å²) in [6, 6.07) is 8.44. The number of carbonyl (C=O) groups excluding carboxylic acids is 1. The fraction of sp³-hybridized carbons (Fsp3) is 0.571. The lowest BCUT2D eigenvalue weighted by Crippen LogP contribution is -2.45. The molecule has 1 saturated heterocycles. The van der Waals surface area contributed by atoms with Crippen LogP contribution >= 0.6 is 0 Å². The van der Waals surface area contributed by atoms with Gasteiger partial charge in [0, 0.05) is 32.1 Å². The van der Waals surface area contributed by atoms with Gasteiger partial charge >= 0.3 is 0 Å². The van der Waals surface area contributed by atoms with Crippen LogP contribution in [-0.4, -0.2) is 36.1 Å². The number of hydrogen-bond acceptors (Lipinski definition) is 3. The summed E-state index contributed by atoms with van der Waals surface area (Å²) in [6.45, 7) is 7.71. The van der Waals surface area contributed by atoms with Gasteiger partial charge in [-0.05, 0) is 44.2 Å². The van der Waals surface area contributed by atoms with E-state index in [9.17, 15) is 4.79 Å². The first-order valence-electron chi connectivity index (χ1n) is 9.49. The molecule has 136 valence electrons. The first-order chi connectivity index (χ1) is 12.1. The lowest BCUT2D eigenvalue weighted by molar-refractivity contribution is -0.125. The lowest BCUT2D eigenvalue weighted by atomic mass is 9.93. The topological polar surface area (TPSA) is 41.6 Å². The molecule has 4 nitrogen and oxygen atoms in total. The fourth-order valence-electron chi connectivity index (χ4n) is 3.90. The van der Waals surface area contributed by atoms with Crippen LogP contribution in [0.25, 0.3) is 0 Å².